The van der Waals surface area contributed by atoms with E-state index in [1.54, 1.807) is 0 Å². The van der Waals surface area contributed by atoms with Crippen molar-refractivity contribution in [2.24, 2.45) is 12.5 Å². The lowest BCUT2D eigenvalue weighted by Gasteiger charge is -2.21. The smallest absolute Gasteiger partial charge is 0.0494 e. The average Bonchev–Trinajstić information content (AvgIpc) is 2.59. The molecule has 0 atom stereocenters. The van der Waals surface area contributed by atoms with Gasteiger partial charge in [0.05, 0.1) is 0 Å². The van der Waals surface area contributed by atoms with Gasteiger partial charge in [-0.05, 0) is 6.07 Å². The van der Waals surface area contributed by atoms with E-state index in [4.69, 9.17) is 5.11 Å². The highest BCUT2D eigenvalue weighted by atomic mass is 16.3. The molecule has 0 fully saturated rings. The lowest BCUT2D eigenvalue weighted by atomic mass is 9.95. The Morgan fingerprint density at radius 1 is 1.53 bits per heavy atom. The number of nitrogens with one attached hydrogen (secondary N) is 1. The molecule has 0 aliphatic heterocycles. The zero-order valence-corrected chi connectivity index (χ0v) is 9.82. The van der Waals surface area contributed by atoms with E-state index in [2.05, 4.69) is 10.4 Å². The zero-order valence-electron chi connectivity index (χ0n) is 9.82. The summed E-state index contributed by atoms with van der Waals surface area (Å²) in [6.45, 7) is 6.06. The first kappa shape index (κ1) is 12.2. The molecule has 1 aromatic heterocycles. The van der Waals surface area contributed by atoms with E-state index >= 15 is 0 Å². The third-order valence-electron chi connectivity index (χ3n) is 2.51. The zero-order chi connectivity index (χ0) is 11.3. The minimum atomic E-state index is -0.0353. The van der Waals surface area contributed by atoms with E-state index in [0.29, 0.717) is 0 Å². The summed E-state index contributed by atoms with van der Waals surface area (Å²) < 4.78 is 1.89. The molecular weight excluding hydrogens is 190 g/mol. The Labute approximate surface area is 91.3 Å². The van der Waals surface area contributed by atoms with Crippen LogP contribution in [0.15, 0.2) is 12.3 Å². The highest BCUT2D eigenvalue weighted by molar-refractivity contribution is 5.00. The summed E-state index contributed by atoms with van der Waals surface area (Å²) >= 11 is 0. The van der Waals surface area contributed by atoms with E-state index < -0.39 is 0 Å². The summed E-state index contributed by atoms with van der Waals surface area (Å²) in [5.74, 6) is 0. The standard InChI is InChI=1S/C11H21N3O/c1-11(2,9-15)8-12-6-4-10-5-7-13-14(10)3/h5,7,12,15H,4,6,8-9H2,1-3H3. The van der Waals surface area contributed by atoms with Crippen LogP contribution >= 0.6 is 0 Å². The monoisotopic (exact) mass is 211 g/mol. The minimum absolute atomic E-state index is 0.0353. The molecule has 15 heavy (non-hydrogen) atoms. The topological polar surface area (TPSA) is 50.1 Å². The van der Waals surface area contributed by atoms with Gasteiger partial charge in [0.15, 0.2) is 0 Å². The Morgan fingerprint density at radius 3 is 2.80 bits per heavy atom. The van der Waals surface area contributed by atoms with E-state index in [0.717, 1.165) is 19.5 Å². The number of aliphatic hydroxyl groups is 1. The first-order valence-corrected chi connectivity index (χ1v) is 5.34. The van der Waals surface area contributed by atoms with Gasteiger partial charge in [0.25, 0.3) is 0 Å². The molecule has 1 aromatic rings. The maximum Gasteiger partial charge on any atom is 0.0494 e. The van der Waals surface area contributed by atoms with Crippen LogP contribution in [0.1, 0.15) is 19.5 Å². The number of aliphatic hydroxyl groups excluding tert-OH is 1. The maximum atomic E-state index is 9.07. The lowest BCUT2D eigenvalue weighted by molar-refractivity contribution is 0.157. The van der Waals surface area contributed by atoms with Gasteiger partial charge in [-0.3, -0.25) is 4.68 Å². The van der Waals surface area contributed by atoms with Gasteiger partial charge in [0, 0.05) is 50.5 Å². The van der Waals surface area contributed by atoms with Crippen molar-refractivity contribution in [3.8, 4) is 0 Å². The SMILES string of the molecule is Cn1nccc1CCNCC(C)(C)CO. The van der Waals surface area contributed by atoms with Gasteiger partial charge in [0.1, 0.15) is 0 Å². The van der Waals surface area contributed by atoms with Crippen LogP contribution in [0.25, 0.3) is 0 Å². The molecule has 0 bridgehead atoms. The first-order chi connectivity index (χ1) is 7.05. The quantitative estimate of drug-likeness (QED) is 0.676. The van der Waals surface area contributed by atoms with E-state index in [1.165, 1.54) is 5.69 Å². The second kappa shape index (κ2) is 5.28. The number of aromatic nitrogens is 2. The number of hydrogen-bond acceptors (Lipinski definition) is 3. The molecule has 4 nitrogen and oxygen atoms in total. The number of rotatable bonds is 6. The normalized spacial score (nSPS) is 12.0. The van der Waals surface area contributed by atoms with Crippen LogP contribution in [0.2, 0.25) is 0 Å². The van der Waals surface area contributed by atoms with E-state index in [9.17, 15) is 0 Å². The van der Waals surface area contributed by atoms with Crippen LogP contribution in [-0.4, -0.2) is 34.6 Å². The lowest BCUT2D eigenvalue weighted by Crippen LogP contribution is -2.33. The van der Waals surface area contributed by atoms with Gasteiger partial charge in [-0.2, -0.15) is 5.10 Å². The van der Waals surface area contributed by atoms with Crippen LogP contribution < -0.4 is 5.32 Å². The maximum absolute atomic E-state index is 9.07. The predicted octanol–water partition coefficient (Wildman–Crippen LogP) is 0.571. The number of aryl methyl sites for hydroxylation is 1. The van der Waals surface area contributed by atoms with Crippen LogP contribution in [0.5, 0.6) is 0 Å². The van der Waals surface area contributed by atoms with Gasteiger partial charge in [-0.1, -0.05) is 13.8 Å². The summed E-state index contributed by atoms with van der Waals surface area (Å²) in [5.41, 5.74) is 1.19. The molecule has 0 saturated heterocycles. The van der Waals surface area contributed by atoms with Crippen molar-refractivity contribution >= 4 is 0 Å². The van der Waals surface area contributed by atoms with Crippen molar-refractivity contribution in [3.63, 3.8) is 0 Å². The fourth-order valence-corrected chi connectivity index (χ4v) is 1.35. The number of nitrogens with zero attached hydrogens (tertiary/aromatic N) is 2. The van der Waals surface area contributed by atoms with Crippen molar-refractivity contribution in [3.05, 3.63) is 18.0 Å². The Bertz CT molecular complexity index is 294. The molecule has 0 aliphatic carbocycles. The molecule has 0 radical (unpaired) electrons. The summed E-state index contributed by atoms with van der Waals surface area (Å²) in [5, 5.41) is 16.5. The summed E-state index contributed by atoms with van der Waals surface area (Å²) in [4.78, 5) is 0. The van der Waals surface area contributed by atoms with Gasteiger partial charge in [-0.15, -0.1) is 0 Å². The third kappa shape index (κ3) is 4.01. The average molecular weight is 211 g/mol. The Balaban J connectivity index is 2.20. The molecule has 4 heteroatoms. The van der Waals surface area contributed by atoms with Crippen LogP contribution in [0, 0.1) is 5.41 Å². The second-order valence-corrected chi connectivity index (χ2v) is 4.70. The van der Waals surface area contributed by atoms with Crippen molar-refractivity contribution in [1.29, 1.82) is 0 Å². The first-order valence-electron chi connectivity index (χ1n) is 5.34. The molecule has 1 rings (SSSR count). The minimum Gasteiger partial charge on any atom is -0.396 e. The molecule has 1 heterocycles. The van der Waals surface area contributed by atoms with Crippen molar-refractivity contribution in [2.45, 2.75) is 20.3 Å². The molecular formula is C11H21N3O. The molecule has 0 spiro atoms. The molecule has 2 N–H and O–H groups in total. The predicted molar refractivity (Wildman–Crippen MR) is 60.6 cm³/mol. The second-order valence-electron chi connectivity index (χ2n) is 4.70. The molecule has 0 aromatic carbocycles. The largest absolute Gasteiger partial charge is 0.396 e. The Morgan fingerprint density at radius 2 is 2.27 bits per heavy atom. The van der Waals surface area contributed by atoms with Gasteiger partial charge < -0.3 is 10.4 Å². The molecule has 0 unspecified atom stereocenters. The molecule has 0 saturated carbocycles. The van der Waals surface area contributed by atoms with Crippen LogP contribution in [-0.2, 0) is 13.5 Å². The van der Waals surface area contributed by atoms with Gasteiger partial charge in [-0.25, -0.2) is 0 Å². The summed E-state index contributed by atoms with van der Waals surface area (Å²) in [6.07, 6.45) is 2.78. The summed E-state index contributed by atoms with van der Waals surface area (Å²) in [7, 11) is 1.95. The Hall–Kier alpha value is -0.870. The van der Waals surface area contributed by atoms with Crippen molar-refractivity contribution in [2.75, 3.05) is 19.7 Å². The molecule has 0 amide bonds. The fourth-order valence-electron chi connectivity index (χ4n) is 1.35. The number of hydrogen-bond donors (Lipinski definition) is 2. The molecule has 0 aliphatic rings. The summed E-state index contributed by atoms with van der Waals surface area (Å²) in [6, 6.07) is 2.03. The van der Waals surface area contributed by atoms with Crippen molar-refractivity contribution < 1.29 is 5.11 Å². The van der Waals surface area contributed by atoms with Crippen LogP contribution in [0.3, 0.4) is 0 Å². The van der Waals surface area contributed by atoms with E-state index in [-0.39, 0.29) is 12.0 Å². The van der Waals surface area contributed by atoms with Crippen LogP contribution in [0.4, 0.5) is 0 Å². The molecule has 86 valence electrons. The third-order valence-corrected chi connectivity index (χ3v) is 2.51. The highest BCUT2D eigenvalue weighted by Crippen LogP contribution is 2.10. The van der Waals surface area contributed by atoms with Gasteiger partial charge >= 0.3 is 0 Å². The van der Waals surface area contributed by atoms with Gasteiger partial charge in [0.2, 0.25) is 0 Å². The Kier molecular flexibility index (Phi) is 4.29. The highest BCUT2D eigenvalue weighted by Gasteiger charge is 2.15. The fraction of sp³-hybridized carbons (Fsp3) is 0.727. The van der Waals surface area contributed by atoms with Crippen molar-refractivity contribution in [1.82, 2.24) is 15.1 Å². The van der Waals surface area contributed by atoms with E-state index in [1.807, 2.05) is 37.8 Å².